The number of ether oxygens (including phenoxy) is 1. The van der Waals surface area contributed by atoms with E-state index in [1.807, 2.05) is 0 Å². The first kappa shape index (κ1) is 18.8. The molecule has 25 heavy (non-hydrogen) atoms. The van der Waals surface area contributed by atoms with E-state index in [0.717, 1.165) is 12.8 Å². The van der Waals surface area contributed by atoms with Crippen molar-refractivity contribution in [3.05, 3.63) is 42.5 Å². The van der Waals surface area contributed by atoms with E-state index in [2.05, 4.69) is 17.2 Å². The third-order valence-corrected chi connectivity index (χ3v) is 3.86. The lowest BCUT2D eigenvalue weighted by molar-refractivity contribution is 0.304. The summed E-state index contributed by atoms with van der Waals surface area (Å²) in [6, 6.07) is 11.6. The van der Waals surface area contributed by atoms with Gasteiger partial charge in [0.25, 0.3) is 0 Å². The maximum Gasteiger partial charge on any atom is 0.143 e. The van der Waals surface area contributed by atoms with E-state index >= 15 is 0 Å². The molecule has 0 aromatic heterocycles. The fourth-order valence-corrected chi connectivity index (χ4v) is 2.40. The zero-order valence-electron chi connectivity index (χ0n) is 14.7. The van der Waals surface area contributed by atoms with Crippen molar-refractivity contribution >= 4 is 11.4 Å². The molecule has 0 amide bonds. The Balaban J connectivity index is 1.88. The minimum atomic E-state index is 0.0195. The number of benzene rings is 2. The second kappa shape index (κ2) is 10.3. The highest BCUT2D eigenvalue weighted by atomic mass is 16.5. The van der Waals surface area contributed by atoms with Crippen molar-refractivity contribution in [2.75, 3.05) is 6.61 Å². The van der Waals surface area contributed by atoms with Crippen molar-refractivity contribution in [3.63, 3.8) is 0 Å². The average molecular weight is 342 g/mol. The van der Waals surface area contributed by atoms with Gasteiger partial charge in [0.1, 0.15) is 28.6 Å². The molecular formula is C20H26N2O3. The van der Waals surface area contributed by atoms with Crippen LogP contribution in [-0.2, 0) is 0 Å². The van der Waals surface area contributed by atoms with Crippen LogP contribution in [0.2, 0.25) is 0 Å². The second-order valence-corrected chi connectivity index (χ2v) is 5.96. The largest absolute Gasteiger partial charge is 0.506 e. The third-order valence-electron chi connectivity index (χ3n) is 3.86. The van der Waals surface area contributed by atoms with Gasteiger partial charge in [-0.2, -0.15) is 0 Å². The highest BCUT2D eigenvalue weighted by Gasteiger charge is 2.04. The van der Waals surface area contributed by atoms with Gasteiger partial charge in [-0.25, -0.2) is 0 Å². The van der Waals surface area contributed by atoms with Crippen LogP contribution < -0.4 is 4.74 Å². The van der Waals surface area contributed by atoms with Crippen LogP contribution in [0.1, 0.15) is 45.4 Å². The van der Waals surface area contributed by atoms with Crippen molar-refractivity contribution in [1.82, 2.24) is 0 Å². The van der Waals surface area contributed by atoms with Gasteiger partial charge in [-0.1, -0.05) is 51.2 Å². The maximum atomic E-state index is 9.90. The summed E-state index contributed by atoms with van der Waals surface area (Å²) in [7, 11) is 0. The van der Waals surface area contributed by atoms with Gasteiger partial charge < -0.3 is 14.9 Å². The molecular weight excluding hydrogens is 316 g/mol. The van der Waals surface area contributed by atoms with Crippen molar-refractivity contribution in [2.24, 2.45) is 10.2 Å². The molecule has 0 heterocycles. The van der Waals surface area contributed by atoms with E-state index in [1.54, 1.807) is 30.3 Å². The Kier molecular flexibility index (Phi) is 7.76. The van der Waals surface area contributed by atoms with Crippen LogP contribution in [0.15, 0.2) is 52.7 Å². The first-order valence-electron chi connectivity index (χ1n) is 8.86. The zero-order valence-corrected chi connectivity index (χ0v) is 14.7. The topological polar surface area (TPSA) is 74.4 Å². The van der Waals surface area contributed by atoms with Gasteiger partial charge in [-0.05, 0) is 30.7 Å². The summed E-state index contributed by atoms with van der Waals surface area (Å²) in [5, 5.41) is 27.6. The first-order chi connectivity index (χ1) is 12.2. The predicted octanol–water partition coefficient (Wildman–Crippen LogP) is 6.25. The molecule has 0 atom stereocenters. The summed E-state index contributed by atoms with van der Waals surface area (Å²) in [5.74, 6) is 0.713. The Morgan fingerprint density at radius 3 is 2.28 bits per heavy atom. The first-order valence-corrected chi connectivity index (χ1v) is 8.86. The highest BCUT2D eigenvalue weighted by Crippen LogP contribution is 2.33. The normalized spacial score (nSPS) is 11.1. The molecule has 0 saturated heterocycles. The maximum absolute atomic E-state index is 9.90. The molecule has 0 aliphatic rings. The Morgan fingerprint density at radius 2 is 1.48 bits per heavy atom. The van der Waals surface area contributed by atoms with Crippen LogP contribution >= 0.6 is 0 Å². The van der Waals surface area contributed by atoms with Gasteiger partial charge in [-0.15, -0.1) is 10.2 Å². The SMILES string of the molecule is CCCCCCCCOc1ccc(O)c(N=Nc2ccccc2O)c1. The molecule has 0 aliphatic heterocycles. The van der Waals surface area contributed by atoms with Crippen molar-refractivity contribution in [3.8, 4) is 17.2 Å². The summed E-state index contributed by atoms with van der Waals surface area (Å²) in [4.78, 5) is 0. The van der Waals surface area contributed by atoms with Crippen LogP contribution in [0.4, 0.5) is 11.4 Å². The smallest absolute Gasteiger partial charge is 0.143 e. The Bertz CT molecular complexity index is 686. The molecule has 134 valence electrons. The number of nitrogens with zero attached hydrogens (tertiary/aromatic N) is 2. The molecule has 5 heteroatoms. The lowest BCUT2D eigenvalue weighted by Crippen LogP contribution is -1.97. The van der Waals surface area contributed by atoms with Crippen LogP contribution in [0, 0.1) is 0 Å². The van der Waals surface area contributed by atoms with Crippen LogP contribution in [-0.4, -0.2) is 16.8 Å². The van der Waals surface area contributed by atoms with E-state index in [0.29, 0.717) is 23.7 Å². The lowest BCUT2D eigenvalue weighted by atomic mass is 10.1. The number of azo groups is 1. The minimum absolute atomic E-state index is 0.0195. The minimum Gasteiger partial charge on any atom is -0.506 e. The van der Waals surface area contributed by atoms with Gasteiger partial charge in [0.15, 0.2) is 0 Å². The van der Waals surface area contributed by atoms with Crippen molar-refractivity contribution in [2.45, 2.75) is 45.4 Å². The van der Waals surface area contributed by atoms with Crippen LogP contribution in [0.3, 0.4) is 0 Å². The van der Waals surface area contributed by atoms with Crippen LogP contribution in [0.5, 0.6) is 17.2 Å². The number of rotatable bonds is 10. The monoisotopic (exact) mass is 342 g/mol. The summed E-state index contributed by atoms with van der Waals surface area (Å²) in [5.41, 5.74) is 0.656. The summed E-state index contributed by atoms with van der Waals surface area (Å²) in [6.45, 7) is 2.86. The van der Waals surface area contributed by atoms with Crippen molar-refractivity contribution < 1.29 is 14.9 Å². The number of phenolic OH excluding ortho intramolecular Hbond substituents is 2. The quantitative estimate of drug-likeness (QED) is 0.395. The Labute approximate surface area is 149 Å². The van der Waals surface area contributed by atoms with Gasteiger partial charge in [0.2, 0.25) is 0 Å². The summed E-state index contributed by atoms with van der Waals surface area (Å²) < 4.78 is 5.72. The lowest BCUT2D eigenvalue weighted by Gasteiger charge is -2.07. The number of unbranched alkanes of at least 4 members (excludes halogenated alkanes) is 5. The van der Waals surface area contributed by atoms with Crippen LogP contribution in [0.25, 0.3) is 0 Å². The van der Waals surface area contributed by atoms with Gasteiger partial charge in [0.05, 0.1) is 6.61 Å². The second-order valence-electron chi connectivity index (χ2n) is 5.96. The zero-order chi connectivity index (χ0) is 17.9. The molecule has 5 nitrogen and oxygen atoms in total. The number of para-hydroxylation sites is 1. The fourth-order valence-electron chi connectivity index (χ4n) is 2.40. The number of phenols is 2. The molecule has 0 fully saturated rings. The van der Waals surface area contributed by atoms with Crippen molar-refractivity contribution in [1.29, 1.82) is 0 Å². The van der Waals surface area contributed by atoms with E-state index in [-0.39, 0.29) is 11.5 Å². The molecule has 0 spiro atoms. The molecule has 0 unspecified atom stereocenters. The van der Waals surface area contributed by atoms with E-state index in [4.69, 9.17) is 4.74 Å². The van der Waals surface area contributed by atoms with Gasteiger partial charge in [-0.3, -0.25) is 0 Å². The summed E-state index contributed by atoms with van der Waals surface area (Å²) in [6.07, 6.45) is 7.25. The number of aromatic hydroxyl groups is 2. The van der Waals surface area contributed by atoms with Gasteiger partial charge in [0, 0.05) is 6.07 Å². The van der Waals surface area contributed by atoms with E-state index in [1.165, 1.54) is 37.8 Å². The molecule has 2 aromatic carbocycles. The highest BCUT2D eigenvalue weighted by molar-refractivity contribution is 5.56. The van der Waals surface area contributed by atoms with Gasteiger partial charge >= 0.3 is 0 Å². The predicted molar refractivity (Wildman–Crippen MR) is 99.3 cm³/mol. The Morgan fingerprint density at radius 1 is 0.800 bits per heavy atom. The summed E-state index contributed by atoms with van der Waals surface area (Å²) >= 11 is 0. The average Bonchev–Trinajstić information content (AvgIpc) is 2.62. The fraction of sp³-hybridized carbons (Fsp3) is 0.400. The number of hydrogen-bond acceptors (Lipinski definition) is 5. The standard InChI is InChI=1S/C20H26N2O3/c1-2-3-4-5-6-9-14-25-16-12-13-20(24)18(15-16)22-21-17-10-7-8-11-19(17)23/h7-8,10-13,15,23-24H,2-6,9,14H2,1H3. The molecule has 2 N–H and O–H groups in total. The molecule has 0 bridgehead atoms. The third kappa shape index (κ3) is 6.45. The molecule has 2 rings (SSSR count). The molecule has 2 aromatic rings. The van der Waals surface area contributed by atoms with E-state index in [9.17, 15) is 10.2 Å². The molecule has 0 aliphatic carbocycles. The molecule has 0 saturated carbocycles. The molecule has 0 radical (unpaired) electrons. The van der Waals surface area contributed by atoms with E-state index < -0.39 is 0 Å². The number of hydrogen-bond donors (Lipinski definition) is 2. The Hall–Kier alpha value is -2.56.